The average molecular weight is 217 g/mol. The fraction of sp³-hybridized carbons (Fsp3) is 0.818. The van der Waals surface area contributed by atoms with Gasteiger partial charge in [0, 0.05) is 12.5 Å². The monoisotopic (exact) mass is 217 g/mol. The minimum Gasteiger partial charge on any atom is -0.390 e. The summed E-state index contributed by atoms with van der Waals surface area (Å²) in [5.41, 5.74) is -0.671. The van der Waals surface area contributed by atoms with E-state index in [1.54, 1.807) is 20.8 Å². The second-order valence-corrected chi connectivity index (χ2v) is 4.40. The number of Topliss-reactive ketones (excluding diaryl/α,β-unsaturated/α-hetero) is 1. The molecule has 0 radical (unpaired) electrons. The molecule has 0 heterocycles. The lowest BCUT2D eigenvalue weighted by molar-refractivity contribution is -0.119. The summed E-state index contributed by atoms with van der Waals surface area (Å²) in [4.78, 5) is 19.8. The summed E-state index contributed by atoms with van der Waals surface area (Å²) in [6, 6.07) is 0. The van der Waals surface area contributed by atoms with Crippen LogP contribution in [0.4, 0.5) is 0 Å². The topological polar surface area (TPSA) is 66.4 Å². The molecule has 4 heteroatoms. The summed E-state index contributed by atoms with van der Waals surface area (Å²) in [6.45, 7) is 9.33. The van der Waals surface area contributed by atoms with Crippen molar-refractivity contribution in [1.82, 2.24) is 5.32 Å². The Morgan fingerprint density at radius 2 is 1.87 bits per heavy atom. The van der Waals surface area contributed by atoms with Gasteiger partial charge in [0.2, 0.25) is 6.41 Å². The van der Waals surface area contributed by atoms with Gasteiger partial charge in [-0.15, -0.1) is 0 Å². The van der Waals surface area contributed by atoms with Gasteiger partial charge in [-0.1, -0.05) is 13.8 Å². The highest BCUT2D eigenvalue weighted by molar-refractivity contribution is 5.77. The van der Waals surface area contributed by atoms with Gasteiger partial charge < -0.3 is 10.4 Å². The maximum atomic E-state index is 10.1. The lowest BCUT2D eigenvalue weighted by atomic mass is 10.1. The predicted molar refractivity (Wildman–Crippen MR) is 60.5 cm³/mol. The van der Waals surface area contributed by atoms with Gasteiger partial charge in [0.15, 0.2) is 0 Å². The largest absolute Gasteiger partial charge is 0.390 e. The minimum atomic E-state index is -0.671. The molecule has 0 aliphatic carbocycles. The molecule has 2 N–H and O–H groups in total. The van der Waals surface area contributed by atoms with Crippen LogP contribution in [0.1, 0.15) is 41.0 Å². The van der Waals surface area contributed by atoms with Crippen LogP contribution in [0.3, 0.4) is 0 Å². The molecule has 0 rings (SSSR count). The number of amides is 1. The summed E-state index contributed by atoms with van der Waals surface area (Å²) in [7, 11) is 0. The molecule has 0 aromatic carbocycles. The molecular formula is C11H23NO3. The van der Waals surface area contributed by atoms with E-state index in [1.165, 1.54) is 0 Å². The second kappa shape index (κ2) is 8.41. The van der Waals surface area contributed by atoms with E-state index in [1.807, 2.05) is 13.8 Å². The first-order chi connectivity index (χ1) is 6.70. The molecule has 0 aromatic rings. The van der Waals surface area contributed by atoms with Crippen LogP contribution in [0.5, 0.6) is 0 Å². The number of aliphatic hydroxyl groups is 1. The Bertz CT molecular complexity index is 183. The molecule has 0 saturated carbocycles. The van der Waals surface area contributed by atoms with E-state index in [9.17, 15) is 9.59 Å². The van der Waals surface area contributed by atoms with Crippen LogP contribution in [0.2, 0.25) is 0 Å². The second-order valence-electron chi connectivity index (χ2n) is 4.40. The van der Waals surface area contributed by atoms with Crippen LogP contribution in [0.25, 0.3) is 0 Å². The smallest absolute Gasteiger partial charge is 0.207 e. The van der Waals surface area contributed by atoms with E-state index >= 15 is 0 Å². The van der Waals surface area contributed by atoms with Gasteiger partial charge in [0.1, 0.15) is 5.78 Å². The van der Waals surface area contributed by atoms with Crippen LogP contribution in [0.15, 0.2) is 0 Å². The Morgan fingerprint density at radius 1 is 1.47 bits per heavy atom. The van der Waals surface area contributed by atoms with Crippen LogP contribution >= 0.6 is 0 Å². The molecule has 0 aliphatic heterocycles. The van der Waals surface area contributed by atoms with E-state index < -0.39 is 5.60 Å². The number of nitrogens with one attached hydrogen (secondary N) is 1. The van der Waals surface area contributed by atoms with Gasteiger partial charge >= 0.3 is 0 Å². The van der Waals surface area contributed by atoms with Crippen LogP contribution in [0, 0.1) is 5.92 Å². The summed E-state index contributed by atoms with van der Waals surface area (Å²) in [5, 5.41) is 11.6. The van der Waals surface area contributed by atoms with Gasteiger partial charge in [-0.2, -0.15) is 0 Å². The number of carbonyl (C=O) groups excluding carboxylic acids is 2. The normalized spacial score (nSPS) is 10.3. The molecule has 90 valence electrons. The van der Waals surface area contributed by atoms with Crippen LogP contribution in [-0.2, 0) is 9.59 Å². The molecule has 0 aromatic heterocycles. The van der Waals surface area contributed by atoms with Crippen molar-refractivity contribution in [3.63, 3.8) is 0 Å². The van der Waals surface area contributed by atoms with Gasteiger partial charge in [0.05, 0.1) is 5.60 Å². The standard InChI is InChI=1S/C6H13NO2.C5H10O/c1-6(2,9)3-4-7-5-8;1-4(2)5(3)6/h5,9H,3-4H2,1-2H3,(H,7,8);4H,1-3H3. The third kappa shape index (κ3) is 19.5. The van der Waals surface area contributed by atoms with Crippen molar-refractivity contribution in [1.29, 1.82) is 0 Å². The third-order valence-electron chi connectivity index (χ3n) is 1.78. The maximum absolute atomic E-state index is 10.1. The highest BCUT2D eigenvalue weighted by Crippen LogP contribution is 2.04. The third-order valence-corrected chi connectivity index (χ3v) is 1.78. The molecule has 0 bridgehead atoms. The van der Waals surface area contributed by atoms with E-state index in [0.717, 1.165) is 0 Å². The Morgan fingerprint density at radius 3 is 2.07 bits per heavy atom. The Hall–Kier alpha value is -0.900. The molecule has 0 saturated heterocycles. The predicted octanol–water partition coefficient (Wildman–Crippen LogP) is 1.12. The number of rotatable bonds is 5. The maximum Gasteiger partial charge on any atom is 0.207 e. The molecule has 0 fully saturated rings. The van der Waals surface area contributed by atoms with Crippen molar-refractivity contribution in [3.05, 3.63) is 0 Å². The van der Waals surface area contributed by atoms with Crippen molar-refractivity contribution in [2.75, 3.05) is 6.54 Å². The summed E-state index contributed by atoms with van der Waals surface area (Å²) in [6.07, 6.45) is 1.22. The Balaban J connectivity index is 0. The fourth-order valence-corrected chi connectivity index (χ4v) is 0.437. The van der Waals surface area contributed by atoms with E-state index in [2.05, 4.69) is 5.32 Å². The van der Waals surface area contributed by atoms with Crippen molar-refractivity contribution < 1.29 is 14.7 Å². The number of hydrogen-bond acceptors (Lipinski definition) is 3. The molecule has 4 nitrogen and oxygen atoms in total. The zero-order valence-corrected chi connectivity index (χ0v) is 10.3. The quantitative estimate of drug-likeness (QED) is 0.536. The first-order valence-corrected chi connectivity index (χ1v) is 5.10. The van der Waals surface area contributed by atoms with Crippen molar-refractivity contribution in [2.45, 2.75) is 46.6 Å². The SMILES string of the molecule is CC(=O)C(C)C.CC(C)(O)CCNC=O. The van der Waals surface area contributed by atoms with E-state index in [-0.39, 0.29) is 11.7 Å². The zero-order valence-electron chi connectivity index (χ0n) is 10.3. The molecule has 15 heavy (non-hydrogen) atoms. The van der Waals surface area contributed by atoms with Gasteiger partial charge in [-0.3, -0.25) is 9.59 Å². The highest BCUT2D eigenvalue weighted by atomic mass is 16.3. The molecule has 1 amide bonds. The van der Waals surface area contributed by atoms with Crippen LogP contribution < -0.4 is 5.32 Å². The van der Waals surface area contributed by atoms with Crippen LogP contribution in [-0.4, -0.2) is 29.4 Å². The average Bonchev–Trinajstić information content (AvgIpc) is 2.03. The van der Waals surface area contributed by atoms with Crippen molar-refractivity contribution in [3.8, 4) is 0 Å². The van der Waals surface area contributed by atoms with E-state index in [4.69, 9.17) is 5.11 Å². The summed E-state index contributed by atoms with van der Waals surface area (Å²) < 4.78 is 0. The lowest BCUT2D eigenvalue weighted by Gasteiger charge is -2.15. The summed E-state index contributed by atoms with van der Waals surface area (Å²) in [5.74, 6) is 0.472. The Labute approximate surface area is 92.1 Å². The highest BCUT2D eigenvalue weighted by Gasteiger charge is 2.10. The van der Waals surface area contributed by atoms with Crippen molar-refractivity contribution >= 4 is 12.2 Å². The van der Waals surface area contributed by atoms with Gasteiger partial charge in [-0.25, -0.2) is 0 Å². The summed E-state index contributed by atoms with van der Waals surface area (Å²) >= 11 is 0. The van der Waals surface area contributed by atoms with Gasteiger partial charge in [0.25, 0.3) is 0 Å². The molecular weight excluding hydrogens is 194 g/mol. The first kappa shape index (κ1) is 16.5. The molecule has 0 aliphatic rings. The minimum absolute atomic E-state index is 0.213. The number of hydrogen-bond donors (Lipinski definition) is 2. The number of carbonyl (C=O) groups is 2. The Kier molecular flexibility index (Phi) is 9.27. The molecule has 0 unspecified atom stereocenters. The van der Waals surface area contributed by atoms with E-state index in [0.29, 0.717) is 19.4 Å². The molecule has 0 atom stereocenters. The van der Waals surface area contributed by atoms with Crippen molar-refractivity contribution in [2.24, 2.45) is 5.92 Å². The first-order valence-electron chi connectivity index (χ1n) is 5.10. The fourth-order valence-electron chi connectivity index (χ4n) is 0.437. The molecule has 0 spiro atoms. The lowest BCUT2D eigenvalue weighted by Crippen LogP contribution is -2.25. The number of ketones is 1. The zero-order chi connectivity index (χ0) is 12.5. The van der Waals surface area contributed by atoms with Gasteiger partial charge in [-0.05, 0) is 27.2 Å².